The van der Waals surface area contributed by atoms with Crippen molar-refractivity contribution in [3.05, 3.63) is 42.1 Å². The number of nitrogens with zero attached hydrogens (tertiary/aromatic N) is 2. The van der Waals surface area contributed by atoms with Crippen LogP contribution in [0.4, 0.5) is 13.2 Å². The lowest BCUT2D eigenvalue weighted by molar-refractivity contribution is -0.137. The van der Waals surface area contributed by atoms with Gasteiger partial charge in [0.15, 0.2) is 0 Å². The van der Waals surface area contributed by atoms with E-state index in [1.54, 1.807) is 0 Å². The van der Waals surface area contributed by atoms with Gasteiger partial charge >= 0.3 is 6.18 Å². The Labute approximate surface area is 166 Å². The van der Waals surface area contributed by atoms with E-state index in [0.717, 1.165) is 18.3 Å². The minimum absolute atomic E-state index is 0.0184. The van der Waals surface area contributed by atoms with E-state index in [1.807, 2.05) is 0 Å². The monoisotopic (exact) mass is 432 g/mol. The molecule has 1 fully saturated rings. The summed E-state index contributed by atoms with van der Waals surface area (Å²) < 4.78 is 81.4. The molecule has 1 saturated heterocycles. The Balaban J connectivity index is 1.75. The number of benzene rings is 1. The number of sulfonamides is 1. The molecule has 11 heteroatoms. The summed E-state index contributed by atoms with van der Waals surface area (Å²) in [4.78, 5) is 3.76. The Hall–Kier alpha value is -2.53. The van der Waals surface area contributed by atoms with Crippen LogP contribution in [-0.2, 0) is 16.2 Å². The molecule has 3 rings (SSSR count). The second-order valence-electron chi connectivity index (χ2n) is 6.29. The van der Waals surface area contributed by atoms with Gasteiger partial charge in [-0.15, -0.1) is 0 Å². The summed E-state index contributed by atoms with van der Waals surface area (Å²) in [6, 6.07) is 5.99. The smallest absolute Gasteiger partial charge is 0.416 e. The van der Waals surface area contributed by atoms with Gasteiger partial charge in [0.25, 0.3) is 0 Å². The quantitative estimate of drug-likeness (QED) is 0.699. The van der Waals surface area contributed by atoms with Crippen molar-refractivity contribution in [3.8, 4) is 17.4 Å². The zero-order valence-corrected chi connectivity index (χ0v) is 16.5. The van der Waals surface area contributed by atoms with Crippen molar-refractivity contribution in [2.75, 3.05) is 27.3 Å². The van der Waals surface area contributed by atoms with Gasteiger partial charge in [-0.05, 0) is 24.6 Å². The Bertz CT molecular complexity index is 982. The minimum Gasteiger partial charge on any atom is -0.497 e. The van der Waals surface area contributed by atoms with E-state index in [-0.39, 0.29) is 29.6 Å². The van der Waals surface area contributed by atoms with E-state index in [4.69, 9.17) is 14.2 Å². The first kappa shape index (κ1) is 21.2. The van der Waals surface area contributed by atoms with Crippen molar-refractivity contribution in [1.82, 2.24) is 9.29 Å². The van der Waals surface area contributed by atoms with Crippen molar-refractivity contribution in [3.63, 3.8) is 0 Å². The summed E-state index contributed by atoms with van der Waals surface area (Å²) in [6.07, 6.45) is -3.82. The molecule has 0 saturated carbocycles. The molecule has 0 radical (unpaired) electrons. The summed E-state index contributed by atoms with van der Waals surface area (Å²) in [7, 11) is -1.09. The SMILES string of the molecule is COc1ccc(S(=O)(=O)N2CCC(Oc3cc(C(F)(F)F)ccn3)C2)c(OC)c1. The number of alkyl halides is 3. The third-order valence-corrected chi connectivity index (χ3v) is 6.35. The van der Waals surface area contributed by atoms with Crippen molar-refractivity contribution in [1.29, 1.82) is 0 Å². The second kappa shape index (κ2) is 8.07. The molecule has 1 aliphatic rings. The van der Waals surface area contributed by atoms with Crippen LogP contribution in [0.25, 0.3) is 0 Å². The molecule has 0 amide bonds. The summed E-state index contributed by atoms with van der Waals surface area (Å²) in [5, 5.41) is 0. The van der Waals surface area contributed by atoms with Crippen molar-refractivity contribution in [2.24, 2.45) is 0 Å². The maximum Gasteiger partial charge on any atom is 0.416 e. The molecule has 2 aromatic rings. The fourth-order valence-electron chi connectivity index (χ4n) is 2.96. The number of hydrogen-bond acceptors (Lipinski definition) is 6. The van der Waals surface area contributed by atoms with Gasteiger partial charge in [-0.2, -0.15) is 17.5 Å². The van der Waals surface area contributed by atoms with Crippen LogP contribution in [0.2, 0.25) is 0 Å². The lowest BCUT2D eigenvalue weighted by atomic mass is 10.2. The van der Waals surface area contributed by atoms with Gasteiger partial charge in [0.05, 0.1) is 26.3 Å². The van der Waals surface area contributed by atoms with Crippen LogP contribution in [-0.4, -0.2) is 51.1 Å². The van der Waals surface area contributed by atoms with Crippen molar-refractivity contribution < 1.29 is 35.8 Å². The maximum atomic E-state index is 13.0. The third kappa shape index (κ3) is 4.56. The van der Waals surface area contributed by atoms with Crippen LogP contribution in [0.5, 0.6) is 17.4 Å². The normalized spacial score (nSPS) is 17.9. The fourth-order valence-corrected chi connectivity index (χ4v) is 4.58. The number of halogens is 3. The first-order chi connectivity index (χ1) is 13.6. The maximum absolute atomic E-state index is 13.0. The van der Waals surface area contributed by atoms with E-state index < -0.39 is 27.9 Å². The molecule has 0 spiro atoms. The second-order valence-corrected chi connectivity index (χ2v) is 8.20. The molecule has 7 nitrogen and oxygen atoms in total. The molecule has 1 aromatic carbocycles. The molecule has 0 bridgehead atoms. The summed E-state index contributed by atoms with van der Waals surface area (Å²) >= 11 is 0. The molecule has 0 N–H and O–H groups in total. The zero-order chi connectivity index (χ0) is 21.2. The molecule has 1 unspecified atom stereocenters. The highest BCUT2D eigenvalue weighted by molar-refractivity contribution is 7.89. The highest BCUT2D eigenvalue weighted by Gasteiger charge is 2.36. The third-order valence-electron chi connectivity index (χ3n) is 4.45. The van der Waals surface area contributed by atoms with Crippen LogP contribution in [0.3, 0.4) is 0 Å². The Morgan fingerprint density at radius 3 is 2.55 bits per heavy atom. The standard InChI is InChI=1S/C18H19F3N2O5S/c1-26-13-3-4-16(15(10-13)27-2)29(24,25)23-8-6-14(11-23)28-17-9-12(5-7-22-17)18(19,20)21/h3-5,7,9-10,14H,6,8,11H2,1-2H3. The van der Waals surface area contributed by atoms with E-state index in [1.165, 1.54) is 36.7 Å². The Kier molecular flexibility index (Phi) is 5.90. The minimum atomic E-state index is -4.52. The van der Waals surface area contributed by atoms with Crippen LogP contribution in [0.1, 0.15) is 12.0 Å². The van der Waals surface area contributed by atoms with E-state index in [9.17, 15) is 21.6 Å². The predicted molar refractivity (Wildman–Crippen MR) is 96.6 cm³/mol. The van der Waals surface area contributed by atoms with E-state index >= 15 is 0 Å². The lowest BCUT2D eigenvalue weighted by Gasteiger charge is -2.19. The van der Waals surface area contributed by atoms with Crippen LogP contribution >= 0.6 is 0 Å². The summed E-state index contributed by atoms with van der Waals surface area (Å²) in [5.74, 6) is 0.374. The molecular weight excluding hydrogens is 413 g/mol. The Morgan fingerprint density at radius 2 is 1.90 bits per heavy atom. The average molecular weight is 432 g/mol. The van der Waals surface area contributed by atoms with E-state index in [2.05, 4.69) is 4.98 Å². The molecule has 0 aliphatic carbocycles. The van der Waals surface area contributed by atoms with E-state index in [0.29, 0.717) is 12.2 Å². The number of aromatic nitrogens is 1. The van der Waals surface area contributed by atoms with Gasteiger partial charge in [0, 0.05) is 24.9 Å². The number of methoxy groups -OCH3 is 2. The molecule has 1 atom stereocenters. The Morgan fingerprint density at radius 1 is 1.14 bits per heavy atom. The van der Waals surface area contributed by atoms with Crippen LogP contribution in [0.15, 0.2) is 41.4 Å². The first-order valence-corrected chi connectivity index (χ1v) is 10.0. The topological polar surface area (TPSA) is 78.0 Å². The van der Waals surface area contributed by atoms with Gasteiger partial charge in [-0.25, -0.2) is 13.4 Å². The summed E-state index contributed by atoms with van der Waals surface area (Å²) in [6.45, 7) is 0.136. The molecule has 158 valence electrons. The molecular formula is C18H19F3N2O5S. The molecule has 1 aliphatic heterocycles. The van der Waals surface area contributed by atoms with Crippen LogP contribution < -0.4 is 14.2 Å². The largest absolute Gasteiger partial charge is 0.497 e. The van der Waals surface area contributed by atoms with Gasteiger partial charge in [-0.1, -0.05) is 0 Å². The van der Waals surface area contributed by atoms with Crippen molar-refractivity contribution >= 4 is 10.0 Å². The first-order valence-electron chi connectivity index (χ1n) is 8.57. The van der Waals surface area contributed by atoms with Gasteiger partial charge in [0.1, 0.15) is 22.5 Å². The highest BCUT2D eigenvalue weighted by Crippen LogP contribution is 2.33. The fraction of sp³-hybridized carbons (Fsp3) is 0.389. The molecule has 1 aromatic heterocycles. The number of hydrogen-bond donors (Lipinski definition) is 0. The predicted octanol–water partition coefficient (Wildman–Crippen LogP) is 2.96. The highest BCUT2D eigenvalue weighted by atomic mass is 32.2. The van der Waals surface area contributed by atoms with Crippen LogP contribution in [0, 0.1) is 0 Å². The van der Waals surface area contributed by atoms with Crippen molar-refractivity contribution in [2.45, 2.75) is 23.6 Å². The number of pyridine rings is 1. The van der Waals surface area contributed by atoms with Gasteiger partial charge < -0.3 is 14.2 Å². The average Bonchev–Trinajstić information content (AvgIpc) is 3.16. The lowest BCUT2D eigenvalue weighted by Crippen LogP contribution is -2.31. The molecule has 29 heavy (non-hydrogen) atoms. The molecule has 2 heterocycles. The summed E-state index contributed by atoms with van der Waals surface area (Å²) in [5.41, 5.74) is -0.882. The van der Waals surface area contributed by atoms with Gasteiger partial charge in [-0.3, -0.25) is 0 Å². The number of ether oxygens (including phenoxy) is 3. The number of rotatable bonds is 6. The zero-order valence-electron chi connectivity index (χ0n) is 15.6. The van der Waals surface area contributed by atoms with Gasteiger partial charge in [0.2, 0.25) is 15.9 Å².